The van der Waals surface area contributed by atoms with E-state index >= 15 is 0 Å². The Bertz CT molecular complexity index is 1190. The number of halogens is 1. The van der Waals surface area contributed by atoms with Crippen LogP contribution in [-0.2, 0) is 14.3 Å². The summed E-state index contributed by atoms with van der Waals surface area (Å²) in [4.78, 5) is 25.4. The molecule has 0 unspecified atom stereocenters. The van der Waals surface area contributed by atoms with E-state index in [0.29, 0.717) is 11.4 Å². The Morgan fingerprint density at radius 2 is 1.77 bits per heavy atom. The average molecular weight is 478 g/mol. The molecular weight excluding hydrogens is 458 g/mol. The molecule has 6 atom stereocenters. The maximum atomic E-state index is 13.0. The van der Waals surface area contributed by atoms with Gasteiger partial charge in [-0.3, -0.25) is 9.59 Å². The molecule has 1 aliphatic heterocycles. The van der Waals surface area contributed by atoms with Gasteiger partial charge in [0.1, 0.15) is 17.6 Å². The standard InChI is InChI=1S/C25H20BrNO4/c26-22-17-12-18-21(25(29)31-23(18)22)20(17)24(28)27-14-8-10-15(11-9-14)30-19-7-3-5-13-4-1-2-6-16(13)19/h1-11,17-18,20-23H,12H2,(H,27,28)/t17-,18-,20-,21-,22+,23+/m1/s1. The van der Waals surface area contributed by atoms with Crippen LogP contribution in [0.5, 0.6) is 11.5 Å². The van der Waals surface area contributed by atoms with Crippen molar-refractivity contribution in [3.8, 4) is 11.5 Å². The first-order valence-electron chi connectivity index (χ1n) is 10.5. The van der Waals surface area contributed by atoms with Crippen LogP contribution in [-0.4, -0.2) is 22.8 Å². The van der Waals surface area contributed by atoms with Gasteiger partial charge in [0.25, 0.3) is 0 Å². The Morgan fingerprint density at radius 1 is 1.00 bits per heavy atom. The first-order chi connectivity index (χ1) is 15.1. The van der Waals surface area contributed by atoms with Crippen molar-refractivity contribution in [2.24, 2.45) is 23.7 Å². The number of alkyl halides is 1. The Morgan fingerprint density at radius 3 is 2.61 bits per heavy atom. The number of fused-ring (bicyclic) bond motifs is 2. The van der Waals surface area contributed by atoms with Crippen molar-refractivity contribution < 1.29 is 19.1 Å². The Balaban J connectivity index is 1.18. The lowest BCUT2D eigenvalue weighted by atomic mass is 9.79. The molecule has 1 heterocycles. The summed E-state index contributed by atoms with van der Waals surface area (Å²) in [7, 11) is 0. The van der Waals surface area contributed by atoms with Crippen molar-refractivity contribution in [3.63, 3.8) is 0 Å². The van der Waals surface area contributed by atoms with Crippen molar-refractivity contribution in [1.82, 2.24) is 0 Å². The number of hydrogen-bond acceptors (Lipinski definition) is 4. The lowest BCUT2D eigenvalue weighted by molar-refractivity contribution is -0.145. The van der Waals surface area contributed by atoms with Gasteiger partial charge in [-0.1, -0.05) is 52.3 Å². The van der Waals surface area contributed by atoms with Gasteiger partial charge < -0.3 is 14.8 Å². The maximum absolute atomic E-state index is 13.0. The molecule has 0 radical (unpaired) electrons. The third-order valence-electron chi connectivity index (χ3n) is 6.93. The van der Waals surface area contributed by atoms with E-state index in [2.05, 4.69) is 33.4 Å². The van der Waals surface area contributed by atoms with Gasteiger partial charge in [-0.05, 0) is 48.1 Å². The zero-order valence-electron chi connectivity index (χ0n) is 16.5. The number of hydrogen-bond donors (Lipinski definition) is 1. The number of rotatable bonds is 4. The SMILES string of the molecule is O=C(Nc1ccc(Oc2cccc3ccccc23)cc1)[C@@H]1[C@H]2C[C@H]3[C@H](OC(=O)[C@H]31)[C@H]2Br. The Labute approximate surface area is 187 Å². The van der Waals surface area contributed by atoms with Crippen LogP contribution < -0.4 is 10.1 Å². The number of carbonyl (C=O) groups is 2. The fourth-order valence-electron chi connectivity index (χ4n) is 5.57. The highest BCUT2D eigenvalue weighted by molar-refractivity contribution is 9.09. The zero-order valence-corrected chi connectivity index (χ0v) is 18.1. The third kappa shape index (κ3) is 2.96. The predicted molar refractivity (Wildman–Crippen MR) is 120 cm³/mol. The molecule has 3 aromatic carbocycles. The predicted octanol–water partition coefficient (Wildman–Crippen LogP) is 5.14. The van der Waals surface area contributed by atoms with Crippen molar-refractivity contribution >= 4 is 44.3 Å². The van der Waals surface area contributed by atoms with Crippen molar-refractivity contribution in [1.29, 1.82) is 0 Å². The second-order valence-electron chi connectivity index (χ2n) is 8.55. The molecule has 6 heteroatoms. The molecule has 3 fully saturated rings. The molecule has 1 saturated heterocycles. The molecule has 5 nitrogen and oxygen atoms in total. The quantitative estimate of drug-likeness (QED) is 0.417. The second kappa shape index (κ2) is 7.09. The van der Waals surface area contributed by atoms with Crippen molar-refractivity contribution in [2.75, 3.05) is 5.32 Å². The first-order valence-corrected chi connectivity index (χ1v) is 11.4. The van der Waals surface area contributed by atoms with E-state index in [4.69, 9.17) is 9.47 Å². The summed E-state index contributed by atoms with van der Waals surface area (Å²) in [6, 6.07) is 21.4. The van der Waals surface area contributed by atoms with Crippen LogP contribution in [0.4, 0.5) is 5.69 Å². The molecule has 1 amide bonds. The Hall–Kier alpha value is -2.86. The van der Waals surface area contributed by atoms with Crippen LogP contribution in [0.15, 0.2) is 66.7 Å². The lowest BCUT2D eigenvalue weighted by Crippen LogP contribution is -2.40. The molecule has 2 aliphatic carbocycles. The summed E-state index contributed by atoms with van der Waals surface area (Å²) in [6.07, 6.45) is 0.796. The van der Waals surface area contributed by atoms with E-state index in [9.17, 15) is 9.59 Å². The first kappa shape index (κ1) is 18.9. The Kier molecular flexibility index (Phi) is 4.32. The summed E-state index contributed by atoms with van der Waals surface area (Å²) < 4.78 is 11.6. The minimum atomic E-state index is -0.341. The number of carbonyl (C=O) groups excluding carboxylic acids is 2. The normalized spacial score (nSPS) is 30.4. The highest BCUT2D eigenvalue weighted by Gasteiger charge is 2.67. The van der Waals surface area contributed by atoms with Crippen LogP contribution in [0, 0.1) is 23.7 Å². The topological polar surface area (TPSA) is 64.6 Å². The number of nitrogens with one attached hydrogen (secondary N) is 1. The molecule has 0 spiro atoms. The number of amides is 1. The smallest absolute Gasteiger partial charge is 0.310 e. The van der Waals surface area contributed by atoms with Gasteiger partial charge in [0, 0.05) is 17.0 Å². The number of anilines is 1. The third-order valence-corrected chi connectivity index (χ3v) is 8.13. The van der Waals surface area contributed by atoms with E-state index in [-0.39, 0.29) is 46.5 Å². The van der Waals surface area contributed by atoms with Gasteiger partial charge in [0.15, 0.2) is 0 Å². The van der Waals surface area contributed by atoms with Gasteiger partial charge in [0.2, 0.25) is 5.91 Å². The molecule has 156 valence electrons. The minimum absolute atomic E-state index is 0.0624. The van der Waals surface area contributed by atoms with E-state index in [1.54, 1.807) is 0 Å². The van der Waals surface area contributed by atoms with E-state index in [0.717, 1.165) is 22.9 Å². The largest absolute Gasteiger partial charge is 0.461 e. The van der Waals surface area contributed by atoms with Gasteiger partial charge in [-0.25, -0.2) is 0 Å². The van der Waals surface area contributed by atoms with E-state index in [1.807, 2.05) is 54.6 Å². The number of ether oxygens (including phenoxy) is 2. The van der Waals surface area contributed by atoms with Crippen molar-refractivity contribution in [2.45, 2.75) is 17.4 Å². The zero-order chi connectivity index (χ0) is 21.1. The fourth-order valence-corrected chi connectivity index (χ4v) is 6.62. The van der Waals surface area contributed by atoms with Crippen LogP contribution in [0.1, 0.15) is 6.42 Å². The van der Waals surface area contributed by atoms with Crippen LogP contribution in [0.2, 0.25) is 0 Å². The van der Waals surface area contributed by atoms with Gasteiger partial charge >= 0.3 is 5.97 Å². The summed E-state index contributed by atoms with van der Waals surface area (Å²) in [5.41, 5.74) is 0.687. The molecule has 3 aromatic rings. The second-order valence-corrected chi connectivity index (χ2v) is 9.61. The van der Waals surface area contributed by atoms with E-state index in [1.165, 1.54) is 0 Å². The molecule has 2 saturated carbocycles. The highest BCUT2D eigenvalue weighted by atomic mass is 79.9. The summed E-state index contributed by atoms with van der Waals surface area (Å²) in [5.74, 6) is 0.798. The maximum Gasteiger partial charge on any atom is 0.310 e. The monoisotopic (exact) mass is 477 g/mol. The molecule has 2 bridgehead atoms. The summed E-state index contributed by atoms with van der Waals surface area (Å²) in [6.45, 7) is 0. The molecule has 0 aromatic heterocycles. The lowest BCUT2D eigenvalue weighted by Gasteiger charge is -2.27. The van der Waals surface area contributed by atoms with Gasteiger partial charge in [-0.15, -0.1) is 0 Å². The van der Waals surface area contributed by atoms with Crippen molar-refractivity contribution in [3.05, 3.63) is 66.7 Å². The number of benzene rings is 3. The number of esters is 1. The van der Waals surface area contributed by atoms with E-state index < -0.39 is 0 Å². The van der Waals surface area contributed by atoms with Gasteiger partial charge in [0.05, 0.1) is 16.7 Å². The summed E-state index contributed by atoms with van der Waals surface area (Å²) >= 11 is 3.65. The molecule has 3 aliphatic rings. The van der Waals surface area contributed by atoms with Crippen LogP contribution in [0.25, 0.3) is 10.8 Å². The molecule has 6 rings (SSSR count). The minimum Gasteiger partial charge on any atom is -0.461 e. The van der Waals surface area contributed by atoms with Crippen LogP contribution in [0.3, 0.4) is 0 Å². The fraction of sp³-hybridized carbons (Fsp3) is 0.280. The average Bonchev–Trinajstić information content (AvgIpc) is 3.40. The molecular formula is C25H20BrNO4. The molecule has 31 heavy (non-hydrogen) atoms. The molecule has 1 N–H and O–H groups in total. The van der Waals surface area contributed by atoms with Crippen LogP contribution >= 0.6 is 15.9 Å². The van der Waals surface area contributed by atoms with Gasteiger partial charge in [-0.2, -0.15) is 0 Å². The highest BCUT2D eigenvalue weighted by Crippen LogP contribution is 2.60. The summed E-state index contributed by atoms with van der Waals surface area (Å²) in [5, 5.41) is 5.15.